The van der Waals surface area contributed by atoms with Crippen molar-refractivity contribution in [3.05, 3.63) is 84.1 Å². The van der Waals surface area contributed by atoms with Gasteiger partial charge in [-0.1, -0.05) is 67.6 Å². The molecule has 1 aromatic heterocycles. The fourth-order valence-corrected chi connectivity index (χ4v) is 3.05. The Balaban J connectivity index is 1.77. The molecule has 160 valence electrons. The molecule has 0 aliphatic rings. The van der Waals surface area contributed by atoms with E-state index in [0.29, 0.717) is 13.1 Å². The van der Waals surface area contributed by atoms with Crippen LogP contribution in [-0.2, 0) is 20.9 Å². The van der Waals surface area contributed by atoms with Gasteiger partial charge in [-0.2, -0.15) is 5.10 Å². The number of aromatic nitrogens is 2. The predicted octanol–water partition coefficient (Wildman–Crippen LogP) is 4.07. The van der Waals surface area contributed by atoms with Gasteiger partial charge in [0.1, 0.15) is 0 Å². The zero-order chi connectivity index (χ0) is 22.1. The molecule has 6 heteroatoms. The lowest BCUT2D eigenvalue weighted by Gasteiger charge is -2.11. The summed E-state index contributed by atoms with van der Waals surface area (Å²) in [6.45, 7) is 4.69. The Morgan fingerprint density at radius 1 is 1.10 bits per heavy atom. The number of esters is 1. The van der Waals surface area contributed by atoms with Crippen molar-refractivity contribution in [3.63, 3.8) is 0 Å². The van der Waals surface area contributed by atoms with Gasteiger partial charge in [-0.05, 0) is 25.0 Å². The number of rotatable bonds is 9. The normalized spacial score (nSPS) is 11.9. The summed E-state index contributed by atoms with van der Waals surface area (Å²) in [5.41, 5.74) is 3.65. The number of hydrogen-bond acceptors (Lipinski definition) is 4. The highest BCUT2D eigenvalue weighted by atomic mass is 16.5. The summed E-state index contributed by atoms with van der Waals surface area (Å²) >= 11 is 0. The van der Waals surface area contributed by atoms with E-state index >= 15 is 0 Å². The molecule has 0 spiro atoms. The van der Waals surface area contributed by atoms with Crippen molar-refractivity contribution in [3.8, 4) is 11.3 Å². The lowest BCUT2D eigenvalue weighted by atomic mass is 10.1. The summed E-state index contributed by atoms with van der Waals surface area (Å²) in [5, 5.41) is 7.44. The molecule has 0 radical (unpaired) electrons. The first-order valence-corrected chi connectivity index (χ1v) is 10.4. The Morgan fingerprint density at radius 2 is 1.77 bits per heavy atom. The smallest absolute Gasteiger partial charge is 0.331 e. The van der Waals surface area contributed by atoms with Crippen LogP contribution in [0.25, 0.3) is 17.3 Å². The van der Waals surface area contributed by atoms with E-state index < -0.39 is 12.1 Å². The van der Waals surface area contributed by atoms with Crippen LogP contribution in [0.15, 0.2) is 72.9 Å². The third-order valence-electron chi connectivity index (χ3n) is 4.63. The van der Waals surface area contributed by atoms with Crippen molar-refractivity contribution in [2.75, 3.05) is 6.54 Å². The standard InChI is InChI=1S/C25H27N3O3/c1-3-16-26-25(30)19(2)31-23(29)15-14-22-18-28(17-20-10-6-4-7-11-20)27-24(22)21-12-8-5-9-13-21/h4-15,18-19H,3,16-17H2,1-2H3,(H,26,30)/b15-14+/t19-/m0/s1. The molecule has 6 nitrogen and oxygen atoms in total. The Morgan fingerprint density at radius 3 is 2.45 bits per heavy atom. The molecular weight excluding hydrogens is 390 g/mol. The van der Waals surface area contributed by atoms with Gasteiger partial charge in [0.2, 0.25) is 0 Å². The Bertz CT molecular complexity index is 1030. The van der Waals surface area contributed by atoms with E-state index in [0.717, 1.165) is 28.8 Å². The number of ether oxygens (including phenoxy) is 1. The highest BCUT2D eigenvalue weighted by molar-refractivity contribution is 5.91. The van der Waals surface area contributed by atoms with Crippen molar-refractivity contribution in [2.45, 2.75) is 32.9 Å². The summed E-state index contributed by atoms with van der Waals surface area (Å²) in [5.74, 6) is -0.877. The maximum Gasteiger partial charge on any atom is 0.331 e. The average molecular weight is 418 g/mol. The van der Waals surface area contributed by atoms with E-state index in [1.807, 2.05) is 78.5 Å². The second-order valence-corrected chi connectivity index (χ2v) is 7.19. The van der Waals surface area contributed by atoms with Gasteiger partial charge in [-0.3, -0.25) is 9.48 Å². The van der Waals surface area contributed by atoms with Crippen LogP contribution < -0.4 is 5.32 Å². The second kappa shape index (κ2) is 10.9. The Hall–Kier alpha value is -3.67. The van der Waals surface area contributed by atoms with E-state index in [2.05, 4.69) is 5.32 Å². The van der Waals surface area contributed by atoms with Crippen molar-refractivity contribution < 1.29 is 14.3 Å². The average Bonchev–Trinajstić information content (AvgIpc) is 3.19. The molecule has 31 heavy (non-hydrogen) atoms. The van der Waals surface area contributed by atoms with Crippen LogP contribution in [0.3, 0.4) is 0 Å². The van der Waals surface area contributed by atoms with Crippen molar-refractivity contribution >= 4 is 18.0 Å². The molecular formula is C25H27N3O3. The minimum absolute atomic E-state index is 0.302. The van der Waals surface area contributed by atoms with Gasteiger partial charge in [0.25, 0.3) is 5.91 Å². The predicted molar refractivity (Wildman–Crippen MR) is 121 cm³/mol. The van der Waals surface area contributed by atoms with Crippen molar-refractivity contribution in [1.82, 2.24) is 15.1 Å². The number of carbonyl (C=O) groups is 2. The molecule has 1 N–H and O–H groups in total. The van der Waals surface area contributed by atoms with E-state index in [4.69, 9.17) is 9.84 Å². The lowest BCUT2D eigenvalue weighted by Crippen LogP contribution is -2.35. The highest BCUT2D eigenvalue weighted by Gasteiger charge is 2.16. The Labute approximate surface area is 182 Å². The van der Waals surface area contributed by atoms with Gasteiger partial charge in [-0.25, -0.2) is 4.79 Å². The molecule has 0 saturated carbocycles. The van der Waals surface area contributed by atoms with Gasteiger partial charge < -0.3 is 10.1 Å². The SMILES string of the molecule is CCCNC(=O)[C@H](C)OC(=O)/C=C/c1cn(Cc2ccccc2)nc1-c1ccccc1. The maximum atomic E-state index is 12.2. The summed E-state index contributed by atoms with van der Waals surface area (Å²) < 4.78 is 7.06. The third-order valence-corrected chi connectivity index (χ3v) is 4.63. The van der Waals surface area contributed by atoms with Crippen LogP contribution >= 0.6 is 0 Å². The fraction of sp³-hybridized carbons (Fsp3) is 0.240. The molecule has 0 aliphatic carbocycles. The molecule has 3 aromatic rings. The second-order valence-electron chi connectivity index (χ2n) is 7.19. The lowest BCUT2D eigenvalue weighted by molar-refractivity contribution is -0.150. The minimum atomic E-state index is -0.849. The van der Waals surface area contributed by atoms with E-state index in [1.54, 1.807) is 13.0 Å². The zero-order valence-electron chi connectivity index (χ0n) is 17.8. The summed E-state index contributed by atoms with van der Waals surface area (Å²) in [6, 6.07) is 19.8. The first kappa shape index (κ1) is 22.0. The van der Waals surface area contributed by atoms with Gasteiger partial charge >= 0.3 is 5.97 Å². The molecule has 1 atom stereocenters. The van der Waals surface area contributed by atoms with E-state index in [9.17, 15) is 9.59 Å². The van der Waals surface area contributed by atoms with Crippen LogP contribution in [0.5, 0.6) is 0 Å². The monoisotopic (exact) mass is 417 g/mol. The van der Waals surface area contributed by atoms with E-state index in [-0.39, 0.29) is 5.91 Å². The number of amides is 1. The van der Waals surface area contributed by atoms with Gasteiger partial charge in [0, 0.05) is 29.9 Å². The number of carbonyl (C=O) groups excluding carboxylic acids is 2. The molecule has 0 saturated heterocycles. The van der Waals surface area contributed by atoms with E-state index in [1.165, 1.54) is 6.08 Å². The van der Waals surface area contributed by atoms with Gasteiger partial charge in [0.05, 0.1) is 12.2 Å². The number of nitrogens with one attached hydrogen (secondary N) is 1. The molecule has 3 rings (SSSR count). The van der Waals surface area contributed by atoms with Crippen LogP contribution in [0, 0.1) is 0 Å². The van der Waals surface area contributed by atoms with Crippen molar-refractivity contribution in [2.24, 2.45) is 0 Å². The van der Waals surface area contributed by atoms with Crippen LogP contribution in [0.2, 0.25) is 0 Å². The summed E-state index contributed by atoms with van der Waals surface area (Å²) in [6.07, 6.45) is 4.88. The molecule has 1 amide bonds. The maximum absolute atomic E-state index is 12.2. The summed E-state index contributed by atoms with van der Waals surface area (Å²) in [4.78, 5) is 24.1. The molecule has 0 fully saturated rings. The van der Waals surface area contributed by atoms with Crippen molar-refractivity contribution in [1.29, 1.82) is 0 Å². The minimum Gasteiger partial charge on any atom is -0.449 e. The molecule has 2 aromatic carbocycles. The molecule has 0 unspecified atom stereocenters. The summed E-state index contributed by atoms with van der Waals surface area (Å²) in [7, 11) is 0. The fourth-order valence-electron chi connectivity index (χ4n) is 3.05. The number of benzene rings is 2. The van der Waals surface area contributed by atoms with Gasteiger partial charge in [-0.15, -0.1) is 0 Å². The quantitative estimate of drug-likeness (QED) is 0.421. The Kier molecular flexibility index (Phi) is 7.76. The molecule has 0 aliphatic heterocycles. The zero-order valence-corrected chi connectivity index (χ0v) is 17.8. The topological polar surface area (TPSA) is 73.2 Å². The van der Waals surface area contributed by atoms with Crippen LogP contribution in [0.1, 0.15) is 31.4 Å². The number of hydrogen-bond donors (Lipinski definition) is 1. The first-order chi connectivity index (χ1) is 15.1. The highest BCUT2D eigenvalue weighted by Crippen LogP contribution is 2.23. The van der Waals surface area contributed by atoms with Crippen LogP contribution in [-0.4, -0.2) is 34.3 Å². The van der Waals surface area contributed by atoms with Crippen LogP contribution in [0.4, 0.5) is 0 Å². The third kappa shape index (κ3) is 6.40. The number of nitrogens with zero attached hydrogens (tertiary/aromatic N) is 2. The molecule has 0 bridgehead atoms. The molecule has 1 heterocycles. The largest absolute Gasteiger partial charge is 0.449 e. The first-order valence-electron chi connectivity index (χ1n) is 10.4. The van der Waals surface area contributed by atoms with Gasteiger partial charge in [0.15, 0.2) is 6.10 Å².